The molecule has 1 aliphatic rings. The minimum absolute atomic E-state index is 0.244. The van der Waals surface area contributed by atoms with Gasteiger partial charge in [-0.25, -0.2) is 12.8 Å². The minimum atomic E-state index is -3.87. The van der Waals surface area contributed by atoms with Crippen molar-refractivity contribution >= 4 is 21.6 Å². The van der Waals surface area contributed by atoms with Crippen molar-refractivity contribution in [3.63, 3.8) is 0 Å². The number of nitrogens with zero attached hydrogens (tertiary/aromatic N) is 2. The Hall–Kier alpha value is -2.45. The predicted molar refractivity (Wildman–Crippen MR) is 120 cm³/mol. The number of anilines is 1. The van der Waals surface area contributed by atoms with E-state index >= 15 is 0 Å². The molecular weight excluding hydrogens is 417 g/mol. The van der Waals surface area contributed by atoms with Gasteiger partial charge in [-0.3, -0.25) is 4.79 Å². The molecule has 0 saturated carbocycles. The highest BCUT2D eigenvalue weighted by Crippen LogP contribution is 2.26. The van der Waals surface area contributed by atoms with E-state index in [2.05, 4.69) is 4.72 Å². The van der Waals surface area contributed by atoms with Gasteiger partial charge in [0.05, 0.1) is 16.6 Å². The number of sulfonamides is 1. The largest absolute Gasteiger partial charge is 0.366 e. The van der Waals surface area contributed by atoms with E-state index < -0.39 is 16.1 Å². The molecule has 6 nitrogen and oxygen atoms in total. The first kappa shape index (κ1) is 23.2. The summed E-state index contributed by atoms with van der Waals surface area (Å²) in [6, 6.07) is 7.63. The Morgan fingerprint density at radius 2 is 1.55 bits per heavy atom. The number of rotatable bonds is 5. The highest BCUT2D eigenvalue weighted by atomic mass is 32.2. The summed E-state index contributed by atoms with van der Waals surface area (Å²) in [5, 5.41) is 0. The Labute approximate surface area is 184 Å². The molecule has 1 amide bonds. The first-order chi connectivity index (χ1) is 14.5. The molecule has 0 bridgehead atoms. The Balaban J connectivity index is 1.70. The summed E-state index contributed by atoms with van der Waals surface area (Å²) in [6.07, 6.45) is 0. The SMILES string of the molecule is Cc1cc(C)c(C)c(S(=O)(=O)N[C@@H](C)C(=O)N2CCN(c3ccccc3F)CC2)c1C. The van der Waals surface area contributed by atoms with Gasteiger partial charge in [-0.1, -0.05) is 18.2 Å². The van der Waals surface area contributed by atoms with E-state index in [1.807, 2.05) is 24.8 Å². The molecule has 0 spiro atoms. The normalized spacial score (nSPS) is 15.8. The number of piperazine rings is 1. The molecule has 2 aromatic carbocycles. The van der Waals surface area contributed by atoms with E-state index in [0.717, 1.165) is 11.1 Å². The molecule has 2 aromatic rings. The monoisotopic (exact) mass is 447 g/mol. The Morgan fingerprint density at radius 1 is 1.00 bits per heavy atom. The van der Waals surface area contributed by atoms with Gasteiger partial charge in [0.15, 0.2) is 0 Å². The highest BCUT2D eigenvalue weighted by Gasteiger charge is 2.30. The van der Waals surface area contributed by atoms with Gasteiger partial charge in [-0.05, 0) is 69.0 Å². The van der Waals surface area contributed by atoms with Crippen molar-refractivity contribution in [1.29, 1.82) is 0 Å². The van der Waals surface area contributed by atoms with Gasteiger partial charge in [0.25, 0.3) is 0 Å². The van der Waals surface area contributed by atoms with Crippen LogP contribution in [-0.2, 0) is 14.8 Å². The summed E-state index contributed by atoms with van der Waals surface area (Å²) in [4.78, 5) is 16.7. The lowest BCUT2D eigenvalue weighted by molar-refractivity contribution is -0.132. The van der Waals surface area contributed by atoms with Gasteiger partial charge in [0.2, 0.25) is 15.9 Å². The van der Waals surface area contributed by atoms with E-state index in [1.54, 1.807) is 43.9 Å². The molecule has 0 aliphatic carbocycles. The van der Waals surface area contributed by atoms with Gasteiger partial charge in [-0.15, -0.1) is 0 Å². The van der Waals surface area contributed by atoms with Gasteiger partial charge in [0, 0.05) is 26.2 Å². The van der Waals surface area contributed by atoms with E-state index in [1.165, 1.54) is 6.07 Å². The van der Waals surface area contributed by atoms with Crippen LogP contribution in [0.1, 0.15) is 29.2 Å². The second-order valence-corrected chi connectivity index (χ2v) is 9.85. The number of halogens is 1. The number of benzene rings is 2. The standard InChI is InChI=1S/C23H30FN3O3S/c1-15-14-16(2)18(4)22(17(15)3)31(29,30)25-19(5)23(28)27-12-10-26(11-13-27)21-9-7-6-8-20(21)24/h6-9,14,19,25H,10-13H2,1-5H3/t19-/m0/s1. The number of para-hydroxylation sites is 1. The zero-order chi connectivity index (χ0) is 22.9. The average Bonchev–Trinajstić information content (AvgIpc) is 2.72. The fourth-order valence-corrected chi connectivity index (χ4v) is 5.89. The second kappa shape index (κ2) is 8.96. The quantitative estimate of drug-likeness (QED) is 0.765. The van der Waals surface area contributed by atoms with Crippen LogP contribution in [0.3, 0.4) is 0 Å². The maximum atomic E-state index is 14.0. The number of hydrogen-bond acceptors (Lipinski definition) is 4. The number of hydrogen-bond donors (Lipinski definition) is 1. The maximum absolute atomic E-state index is 14.0. The number of carbonyl (C=O) groups is 1. The first-order valence-electron chi connectivity index (χ1n) is 10.4. The number of carbonyl (C=O) groups excluding carboxylic acids is 1. The van der Waals surface area contributed by atoms with Crippen LogP contribution in [0.25, 0.3) is 0 Å². The summed E-state index contributed by atoms with van der Waals surface area (Å²) >= 11 is 0. The van der Waals surface area contributed by atoms with Crippen molar-refractivity contribution in [3.8, 4) is 0 Å². The molecule has 1 heterocycles. The maximum Gasteiger partial charge on any atom is 0.241 e. The average molecular weight is 448 g/mol. The molecule has 1 saturated heterocycles. The van der Waals surface area contributed by atoms with Gasteiger partial charge in [0.1, 0.15) is 5.82 Å². The third-order valence-corrected chi connectivity index (χ3v) is 7.87. The molecule has 1 fully saturated rings. The molecule has 0 unspecified atom stereocenters. The van der Waals surface area contributed by atoms with E-state index in [4.69, 9.17) is 0 Å². The fourth-order valence-electron chi connectivity index (χ4n) is 4.08. The third kappa shape index (κ3) is 4.75. The minimum Gasteiger partial charge on any atom is -0.366 e. The molecule has 0 radical (unpaired) electrons. The van der Waals surface area contributed by atoms with Crippen molar-refractivity contribution < 1.29 is 17.6 Å². The molecule has 31 heavy (non-hydrogen) atoms. The summed E-state index contributed by atoms with van der Waals surface area (Å²) in [7, 11) is -3.87. The lowest BCUT2D eigenvalue weighted by Gasteiger charge is -2.37. The van der Waals surface area contributed by atoms with Crippen LogP contribution in [0, 0.1) is 33.5 Å². The summed E-state index contributed by atoms with van der Waals surface area (Å²) in [6.45, 7) is 10.7. The second-order valence-electron chi connectivity index (χ2n) is 8.20. The fraction of sp³-hybridized carbons (Fsp3) is 0.435. The number of amides is 1. The third-order valence-electron chi connectivity index (χ3n) is 6.05. The molecule has 1 aliphatic heterocycles. The van der Waals surface area contributed by atoms with Crippen molar-refractivity contribution in [2.24, 2.45) is 0 Å². The number of nitrogens with one attached hydrogen (secondary N) is 1. The first-order valence-corrected chi connectivity index (χ1v) is 11.9. The Kier molecular flexibility index (Phi) is 6.71. The zero-order valence-corrected chi connectivity index (χ0v) is 19.5. The molecule has 168 valence electrons. The lowest BCUT2D eigenvalue weighted by Crippen LogP contribution is -2.54. The van der Waals surface area contributed by atoms with Crippen molar-refractivity contribution in [2.75, 3.05) is 31.1 Å². The zero-order valence-electron chi connectivity index (χ0n) is 18.7. The van der Waals surface area contributed by atoms with E-state index in [0.29, 0.717) is 43.0 Å². The summed E-state index contributed by atoms with van der Waals surface area (Å²) in [5.41, 5.74) is 3.69. The topological polar surface area (TPSA) is 69.7 Å². The molecule has 1 N–H and O–H groups in total. The number of aryl methyl sites for hydroxylation is 2. The van der Waals surface area contributed by atoms with E-state index in [-0.39, 0.29) is 16.6 Å². The lowest BCUT2D eigenvalue weighted by atomic mass is 10.0. The van der Waals surface area contributed by atoms with Crippen LogP contribution in [0.15, 0.2) is 35.2 Å². The van der Waals surface area contributed by atoms with Crippen LogP contribution in [-0.4, -0.2) is 51.4 Å². The molecule has 0 aromatic heterocycles. The van der Waals surface area contributed by atoms with Gasteiger partial charge in [-0.2, -0.15) is 4.72 Å². The van der Waals surface area contributed by atoms with E-state index in [9.17, 15) is 17.6 Å². The predicted octanol–water partition coefficient (Wildman–Crippen LogP) is 3.07. The van der Waals surface area contributed by atoms with Crippen molar-refractivity contribution in [1.82, 2.24) is 9.62 Å². The van der Waals surface area contributed by atoms with Crippen LogP contribution in [0.4, 0.5) is 10.1 Å². The van der Waals surface area contributed by atoms with Crippen molar-refractivity contribution in [2.45, 2.75) is 45.6 Å². The molecular formula is C23H30FN3O3S. The molecule has 8 heteroatoms. The van der Waals surface area contributed by atoms with Crippen molar-refractivity contribution in [3.05, 3.63) is 58.4 Å². The Morgan fingerprint density at radius 3 is 2.10 bits per heavy atom. The van der Waals surface area contributed by atoms with Gasteiger partial charge < -0.3 is 9.80 Å². The summed E-state index contributed by atoms with van der Waals surface area (Å²) in [5.74, 6) is -0.570. The smallest absolute Gasteiger partial charge is 0.241 e. The van der Waals surface area contributed by atoms with Crippen LogP contribution >= 0.6 is 0 Å². The van der Waals surface area contributed by atoms with Crippen LogP contribution < -0.4 is 9.62 Å². The molecule has 1 atom stereocenters. The Bertz CT molecular complexity index is 1070. The molecule has 3 rings (SSSR count). The summed E-state index contributed by atoms with van der Waals surface area (Å²) < 4.78 is 42.8. The van der Waals surface area contributed by atoms with Crippen LogP contribution in [0.5, 0.6) is 0 Å². The highest BCUT2D eigenvalue weighted by molar-refractivity contribution is 7.89. The van der Waals surface area contributed by atoms with Crippen LogP contribution in [0.2, 0.25) is 0 Å². The van der Waals surface area contributed by atoms with Gasteiger partial charge >= 0.3 is 0 Å².